The fourth-order valence-electron chi connectivity index (χ4n) is 4.07. The lowest BCUT2D eigenvalue weighted by atomic mass is 9.86. The Morgan fingerprint density at radius 3 is 2.92 bits per heavy atom. The molecule has 1 saturated heterocycles. The fraction of sp³-hybridized carbons (Fsp3) is 0.474. The standard InChI is InChI=1S/C19H24N4O/c1-23-12-15(9-21-23)17-10-20-11-18(17)19(24)22-16-7-6-13-4-2-3-5-14(13)8-16/h2-5,9,12,16-18,20H,6-8,10-11H2,1H3,(H,22,24)/t16?,17-,18+/m1/s1. The van der Waals surface area contributed by atoms with Crippen LogP contribution in [-0.4, -0.2) is 34.8 Å². The van der Waals surface area contributed by atoms with Crippen molar-refractivity contribution in [3.05, 3.63) is 53.3 Å². The van der Waals surface area contributed by atoms with E-state index >= 15 is 0 Å². The van der Waals surface area contributed by atoms with Gasteiger partial charge < -0.3 is 10.6 Å². The third-order valence-corrected chi connectivity index (χ3v) is 5.40. The molecule has 2 heterocycles. The van der Waals surface area contributed by atoms with Crippen molar-refractivity contribution in [1.29, 1.82) is 0 Å². The van der Waals surface area contributed by atoms with Gasteiger partial charge in [-0.25, -0.2) is 0 Å². The van der Waals surface area contributed by atoms with Crippen LogP contribution in [0.2, 0.25) is 0 Å². The molecule has 3 atom stereocenters. The molecular formula is C19H24N4O. The molecular weight excluding hydrogens is 300 g/mol. The predicted octanol–water partition coefficient (Wildman–Crippen LogP) is 1.40. The van der Waals surface area contributed by atoms with Crippen molar-refractivity contribution in [3.63, 3.8) is 0 Å². The molecule has 2 N–H and O–H groups in total. The van der Waals surface area contributed by atoms with Gasteiger partial charge in [-0.2, -0.15) is 5.10 Å². The Bertz CT molecular complexity index is 738. The van der Waals surface area contributed by atoms with Crippen molar-refractivity contribution in [2.75, 3.05) is 13.1 Å². The summed E-state index contributed by atoms with van der Waals surface area (Å²) in [7, 11) is 1.92. The summed E-state index contributed by atoms with van der Waals surface area (Å²) in [5.74, 6) is 0.388. The largest absolute Gasteiger partial charge is 0.353 e. The Morgan fingerprint density at radius 2 is 2.12 bits per heavy atom. The molecule has 2 aromatic rings. The number of nitrogens with one attached hydrogen (secondary N) is 2. The molecule has 24 heavy (non-hydrogen) atoms. The average molecular weight is 324 g/mol. The Hall–Kier alpha value is -2.14. The summed E-state index contributed by atoms with van der Waals surface area (Å²) >= 11 is 0. The quantitative estimate of drug-likeness (QED) is 0.897. The van der Waals surface area contributed by atoms with Crippen LogP contribution in [0.3, 0.4) is 0 Å². The number of amides is 1. The third kappa shape index (κ3) is 2.96. The van der Waals surface area contributed by atoms with Crippen LogP contribution in [0.5, 0.6) is 0 Å². The second kappa shape index (κ2) is 6.40. The van der Waals surface area contributed by atoms with E-state index in [1.807, 2.05) is 19.4 Å². The first-order valence-electron chi connectivity index (χ1n) is 8.77. The van der Waals surface area contributed by atoms with Gasteiger partial charge in [0.05, 0.1) is 12.1 Å². The van der Waals surface area contributed by atoms with Crippen LogP contribution in [0, 0.1) is 5.92 Å². The summed E-state index contributed by atoms with van der Waals surface area (Å²) < 4.78 is 1.81. The molecule has 1 aromatic heterocycles. The van der Waals surface area contributed by atoms with Gasteiger partial charge in [-0.05, 0) is 36.0 Å². The summed E-state index contributed by atoms with van der Waals surface area (Å²) in [5, 5.41) is 10.9. The number of nitrogens with zero attached hydrogens (tertiary/aromatic N) is 2. The van der Waals surface area contributed by atoms with Gasteiger partial charge in [-0.3, -0.25) is 9.48 Å². The Morgan fingerprint density at radius 1 is 1.29 bits per heavy atom. The lowest BCUT2D eigenvalue weighted by molar-refractivity contribution is -0.125. The second-order valence-electron chi connectivity index (χ2n) is 7.04. The highest BCUT2D eigenvalue weighted by Gasteiger charge is 2.35. The first-order valence-corrected chi connectivity index (χ1v) is 8.77. The normalized spacial score (nSPS) is 26.1. The fourth-order valence-corrected chi connectivity index (χ4v) is 4.07. The van der Waals surface area contributed by atoms with Gasteiger partial charge >= 0.3 is 0 Å². The van der Waals surface area contributed by atoms with Crippen molar-refractivity contribution in [2.45, 2.75) is 31.2 Å². The zero-order valence-corrected chi connectivity index (χ0v) is 14.0. The van der Waals surface area contributed by atoms with E-state index in [0.29, 0.717) is 0 Å². The zero-order chi connectivity index (χ0) is 16.5. The van der Waals surface area contributed by atoms with Crippen molar-refractivity contribution in [1.82, 2.24) is 20.4 Å². The number of hydrogen-bond acceptors (Lipinski definition) is 3. The van der Waals surface area contributed by atoms with Crippen LogP contribution < -0.4 is 10.6 Å². The topological polar surface area (TPSA) is 59.0 Å². The number of aromatic nitrogens is 2. The lowest BCUT2D eigenvalue weighted by Crippen LogP contribution is -2.43. The molecule has 1 aliphatic heterocycles. The number of benzene rings is 1. The molecule has 0 spiro atoms. The van der Waals surface area contributed by atoms with Crippen molar-refractivity contribution >= 4 is 5.91 Å². The van der Waals surface area contributed by atoms with E-state index in [1.165, 1.54) is 11.1 Å². The molecule has 2 aliphatic rings. The van der Waals surface area contributed by atoms with Crippen LogP contribution in [0.1, 0.15) is 29.0 Å². The highest BCUT2D eigenvalue weighted by atomic mass is 16.2. The van der Waals surface area contributed by atoms with Gasteiger partial charge in [0.15, 0.2) is 0 Å². The van der Waals surface area contributed by atoms with Gasteiger partial charge in [-0.15, -0.1) is 0 Å². The number of carbonyl (C=O) groups is 1. The van der Waals surface area contributed by atoms with E-state index in [4.69, 9.17) is 0 Å². The monoisotopic (exact) mass is 324 g/mol. The molecule has 4 rings (SSSR count). The Labute approximate surface area is 142 Å². The van der Waals surface area contributed by atoms with Crippen molar-refractivity contribution in [2.24, 2.45) is 13.0 Å². The number of rotatable bonds is 3. The van der Waals surface area contributed by atoms with Gasteiger partial charge in [0.1, 0.15) is 0 Å². The molecule has 1 aliphatic carbocycles. The predicted molar refractivity (Wildman–Crippen MR) is 92.7 cm³/mol. The van der Waals surface area contributed by atoms with Gasteiger partial charge in [0.2, 0.25) is 5.91 Å². The van der Waals surface area contributed by atoms with E-state index in [1.54, 1.807) is 4.68 Å². The Balaban J connectivity index is 1.43. The highest BCUT2D eigenvalue weighted by Crippen LogP contribution is 2.29. The number of aryl methyl sites for hydroxylation is 2. The molecule has 1 amide bonds. The SMILES string of the molecule is Cn1cc([C@H]2CNC[C@@H]2C(=O)NC2CCc3ccccc3C2)cn1. The number of fused-ring (bicyclic) bond motifs is 1. The maximum atomic E-state index is 12.8. The van der Waals surface area contributed by atoms with Crippen LogP contribution in [0.4, 0.5) is 0 Å². The zero-order valence-electron chi connectivity index (χ0n) is 14.0. The molecule has 0 radical (unpaired) electrons. The van der Waals surface area contributed by atoms with Crippen LogP contribution in [-0.2, 0) is 24.7 Å². The summed E-state index contributed by atoms with van der Waals surface area (Å²) in [4.78, 5) is 12.8. The molecule has 1 unspecified atom stereocenters. The molecule has 0 bridgehead atoms. The molecule has 5 nitrogen and oxygen atoms in total. The summed E-state index contributed by atoms with van der Waals surface area (Å²) in [5.41, 5.74) is 3.96. The van der Waals surface area contributed by atoms with Crippen LogP contribution in [0.15, 0.2) is 36.7 Å². The van der Waals surface area contributed by atoms with Gasteiger partial charge in [0.25, 0.3) is 0 Å². The van der Waals surface area contributed by atoms with Gasteiger partial charge in [-0.1, -0.05) is 24.3 Å². The summed E-state index contributed by atoms with van der Waals surface area (Å²) in [6.07, 6.45) is 6.93. The molecule has 1 aromatic carbocycles. The minimum absolute atomic E-state index is 0.00799. The van der Waals surface area contributed by atoms with E-state index < -0.39 is 0 Å². The molecule has 1 fully saturated rings. The van der Waals surface area contributed by atoms with Crippen LogP contribution in [0.25, 0.3) is 0 Å². The lowest BCUT2D eigenvalue weighted by Gasteiger charge is -2.27. The first-order chi connectivity index (χ1) is 11.7. The number of hydrogen-bond donors (Lipinski definition) is 2. The minimum atomic E-state index is -0.00799. The Kier molecular flexibility index (Phi) is 4.10. The average Bonchev–Trinajstić information content (AvgIpc) is 3.23. The summed E-state index contributed by atoms with van der Waals surface area (Å²) in [6, 6.07) is 8.82. The van der Waals surface area contributed by atoms with Crippen molar-refractivity contribution in [3.8, 4) is 0 Å². The third-order valence-electron chi connectivity index (χ3n) is 5.40. The molecule has 126 valence electrons. The van der Waals surface area contributed by atoms with Gasteiger partial charge in [0, 0.05) is 38.3 Å². The molecule has 0 saturated carbocycles. The second-order valence-corrected chi connectivity index (χ2v) is 7.04. The first kappa shape index (κ1) is 15.4. The van der Waals surface area contributed by atoms with E-state index in [9.17, 15) is 4.79 Å². The van der Waals surface area contributed by atoms with Crippen LogP contribution >= 0.6 is 0 Å². The van der Waals surface area contributed by atoms with Crippen molar-refractivity contribution < 1.29 is 4.79 Å². The highest BCUT2D eigenvalue weighted by molar-refractivity contribution is 5.80. The summed E-state index contributed by atoms with van der Waals surface area (Å²) in [6.45, 7) is 1.59. The van der Waals surface area contributed by atoms with E-state index in [2.05, 4.69) is 40.0 Å². The maximum absolute atomic E-state index is 12.8. The number of carbonyl (C=O) groups excluding carboxylic acids is 1. The minimum Gasteiger partial charge on any atom is -0.353 e. The maximum Gasteiger partial charge on any atom is 0.225 e. The molecule has 5 heteroatoms. The van der Waals surface area contributed by atoms with E-state index in [-0.39, 0.29) is 23.8 Å². The smallest absolute Gasteiger partial charge is 0.225 e. The van der Waals surface area contributed by atoms with E-state index in [0.717, 1.165) is 37.9 Å².